The molecule has 0 radical (unpaired) electrons. The van der Waals surface area contributed by atoms with Gasteiger partial charge >= 0.3 is 24.5 Å². The number of carbonyl (C=O) groups excluding carboxylic acids is 1. The van der Waals surface area contributed by atoms with Crippen molar-refractivity contribution in [3.05, 3.63) is 63.4 Å². The molecule has 1 unspecified atom stereocenters. The van der Waals surface area contributed by atoms with E-state index in [1.807, 2.05) is 0 Å². The first kappa shape index (κ1) is 26.8. The monoisotopic (exact) mass is 532 g/mol. The molecule has 190 valence electrons. The summed E-state index contributed by atoms with van der Waals surface area (Å²) in [4.78, 5) is 17.2. The number of aliphatic imine (C=N–C) groups is 1. The molecule has 1 aliphatic heterocycles. The molecule has 0 fully saturated rings. The number of esters is 1. The van der Waals surface area contributed by atoms with Gasteiger partial charge < -0.3 is 4.74 Å². The quantitative estimate of drug-likeness (QED) is 0.332. The first-order valence-electron chi connectivity index (χ1n) is 9.63. The third-order valence-electron chi connectivity index (χ3n) is 5.33. The van der Waals surface area contributed by atoms with Crippen molar-refractivity contribution in [2.75, 3.05) is 6.54 Å². The van der Waals surface area contributed by atoms with Gasteiger partial charge in [-0.25, -0.2) is 4.98 Å². The summed E-state index contributed by atoms with van der Waals surface area (Å²) in [6.45, 7) is -0.206. The van der Waals surface area contributed by atoms with Crippen LogP contribution in [0.2, 0.25) is 5.02 Å². The maximum Gasteiger partial charge on any atom is 0.433 e. The Morgan fingerprint density at radius 3 is 2.03 bits per heavy atom. The van der Waals surface area contributed by atoms with Gasteiger partial charge in [0.25, 0.3) is 0 Å². The number of halogens is 10. The molecule has 14 heteroatoms. The number of pyridine rings is 1. The highest BCUT2D eigenvalue weighted by Gasteiger charge is 2.59. The van der Waals surface area contributed by atoms with Crippen molar-refractivity contribution in [3.63, 3.8) is 0 Å². The summed E-state index contributed by atoms with van der Waals surface area (Å²) in [6.07, 6.45) is -17.1. The summed E-state index contributed by atoms with van der Waals surface area (Å²) in [7, 11) is 0. The second kappa shape index (κ2) is 8.99. The van der Waals surface area contributed by atoms with Crippen LogP contribution in [0.3, 0.4) is 0 Å². The molecule has 0 amide bonds. The number of ether oxygens (including phenoxy) is 1. The molecule has 0 spiro atoms. The topological polar surface area (TPSA) is 51.5 Å². The van der Waals surface area contributed by atoms with Crippen molar-refractivity contribution in [2.24, 2.45) is 4.99 Å². The van der Waals surface area contributed by atoms with Crippen molar-refractivity contribution in [1.82, 2.24) is 4.98 Å². The third-order valence-corrected chi connectivity index (χ3v) is 5.68. The van der Waals surface area contributed by atoms with Crippen molar-refractivity contribution in [1.29, 1.82) is 0 Å². The molecule has 0 saturated heterocycles. The minimum Gasteiger partial charge on any atom is -0.461 e. The Bertz CT molecular complexity index is 1140. The first-order chi connectivity index (χ1) is 15.9. The largest absolute Gasteiger partial charge is 0.461 e. The minimum absolute atomic E-state index is 0.0126. The van der Waals surface area contributed by atoms with Crippen LogP contribution in [0.5, 0.6) is 0 Å². The van der Waals surface area contributed by atoms with Crippen molar-refractivity contribution < 1.29 is 49.0 Å². The molecule has 0 bridgehead atoms. The highest BCUT2D eigenvalue weighted by Crippen LogP contribution is 2.49. The Hall–Kier alpha value is -2.83. The van der Waals surface area contributed by atoms with Gasteiger partial charge in [-0.15, -0.1) is 0 Å². The molecule has 1 aliphatic rings. The van der Waals surface area contributed by atoms with Gasteiger partial charge in [-0.2, -0.15) is 39.5 Å². The lowest BCUT2D eigenvalue weighted by Crippen LogP contribution is -2.44. The van der Waals surface area contributed by atoms with Gasteiger partial charge in [-0.1, -0.05) is 23.7 Å². The fraction of sp³-hybridized carbons (Fsp3) is 0.381. The maximum absolute atomic E-state index is 14.2. The van der Waals surface area contributed by atoms with E-state index in [1.54, 1.807) is 0 Å². The number of carbonyl (C=O) groups is 1. The number of aromatic nitrogens is 1. The molecule has 35 heavy (non-hydrogen) atoms. The van der Waals surface area contributed by atoms with Crippen LogP contribution in [0.15, 0.2) is 35.3 Å². The highest BCUT2D eigenvalue weighted by atomic mass is 35.5. The number of hydrogen-bond acceptors (Lipinski definition) is 4. The van der Waals surface area contributed by atoms with Crippen LogP contribution in [0.25, 0.3) is 0 Å². The predicted octanol–water partition coefficient (Wildman–Crippen LogP) is 6.53. The van der Waals surface area contributed by atoms with E-state index in [0.29, 0.717) is 5.56 Å². The second-order valence-corrected chi connectivity index (χ2v) is 8.14. The SMILES string of the molecule is CC(=O)OCc1ccc(C2=NCC(c3cc(C(F)(F)F)nc(C(F)(F)F)c3)(C(F)(F)F)C2)cc1Cl. The third kappa shape index (κ3) is 5.54. The average molecular weight is 533 g/mol. The van der Waals surface area contributed by atoms with Crippen molar-refractivity contribution in [3.8, 4) is 0 Å². The van der Waals surface area contributed by atoms with Gasteiger partial charge in [0.1, 0.15) is 23.4 Å². The zero-order valence-electron chi connectivity index (χ0n) is 17.5. The van der Waals surface area contributed by atoms with E-state index in [0.717, 1.165) is 6.92 Å². The Balaban J connectivity index is 2.05. The first-order valence-corrected chi connectivity index (χ1v) is 10.0. The fourth-order valence-electron chi connectivity index (χ4n) is 3.49. The molecule has 4 nitrogen and oxygen atoms in total. The Kier molecular flexibility index (Phi) is 6.88. The molecule has 0 N–H and O–H groups in total. The van der Waals surface area contributed by atoms with Crippen LogP contribution < -0.4 is 0 Å². The normalized spacial score (nSPS) is 19.0. The number of nitrogens with zero attached hydrogens (tertiary/aromatic N) is 2. The van der Waals surface area contributed by atoms with E-state index in [1.165, 1.54) is 18.2 Å². The van der Waals surface area contributed by atoms with Crippen LogP contribution in [0, 0.1) is 0 Å². The van der Waals surface area contributed by atoms with E-state index < -0.39 is 59.8 Å². The maximum atomic E-state index is 14.2. The molecule has 1 aromatic carbocycles. The highest BCUT2D eigenvalue weighted by molar-refractivity contribution is 6.31. The zero-order chi connectivity index (χ0) is 26.4. The molecule has 1 aromatic heterocycles. The lowest BCUT2D eigenvalue weighted by atomic mass is 9.76. The van der Waals surface area contributed by atoms with Crippen LogP contribution in [0.4, 0.5) is 39.5 Å². The minimum atomic E-state index is -5.42. The van der Waals surface area contributed by atoms with Gasteiger partial charge in [0.05, 0.1) is 6.54 Å². The number of benzene rings is 1. The standard InChI is InChI=1S/C21H14ClF9N2O2/c1-10(34)35-8-12-3-2-11(4-14(12)22)15-7-18(9-32-15,21(29,30)31)13-5-16(19(23,24)25)33-17(6-13)20(26,27)28/h2-6H,7-9H2,1H3. The molecule has 1 atom stereocenters. The Morgan fingerprint density at radius 2 is 1.57 bits per heavy atom. The van der Waals surface area contributed by atoms with Crippen LogP contribution in [0.1, 0.15) is 41.4 Å². The van der Waals surface area contributed by atoms with Crippen LogP contribution in [-0.2, 0) is 33.9 Å². The van der Waals surface area contributed by atoms with Gasteiger partial charge in [0.2, 0.25) is 0 Å². The molecule has 3 rings (SSSR count). The van der Waals surface area contributed by atoms with E-state index in [9.17, 15) is 44.3 Å². The lowest BCUT2D eigenvalue weighted by molar-refractivity contribution is -0.185. The predicted molar refractivity (Wildman–Crippen MR) is 105 cm³/mol. The summed E-state index contributed by atoms with van der Waals surface area (Å²) in [6, 6.07) is 3.82. The van der Waals surface area contributed by atoms with E-state index >= 15 is 0 Å². The van der Waals surface area contributed by atoms with Crippen molar-refractivity contribution in [2.45, 2.75) is 43.9 Å². The number of alkyl halides is 9. The number of rotatable bonds is 4. The molecule has 2 heterocycles. The molecule has 0 aliphatic carbocycles. The van der Waals surface area contributed by atoms with Gasteiger partial charge in [0, 0.05) is 29.6 Å². The Labute approximate surface area is 196 Å². The van der Waals surface area contributed by atoms with E-state index in [-0.39, 0.29) is 35.0 Å². The van der Waals surface area contributed by atoms with E-state index in [4.69, 9.17) is 16.3 Å². The second-order valence-electron chi connectivity index (χ2n) is 7.73. The summed E-state index contributed by atoms with van der Waals surface area (Å²) in [5, 5.41) is 0.0126. The molecule has 0 saturated carbocycles. The van der Waals surface area contributed by atoms with E-state index in [2.05, 4.69) is 9.98 Å². The molecular weight excluding hydrogens is 519 g/mol. The van der Waals surface area contributed by atoms with Crippen LogP contribution in [-0.4, -0.2) is 29.4 Å². The average Bonchev–Trinajstić information content (AvgIpc) is 3.18. The lowest BCUT2D eigenvalue weighted by Gasteiger charge is -2.32. The molecule has 2 aromatic rings. The summed E-state index contributed by atoms with van der Waals surface area (Å²) >= 11 is 6.08. The van der Waals surface area contributed by atoms with Gasteiger partial charge in [-0.3, -0.25) is 9.79 Å². The fourth-order valence-corrected chi connectivity index (χ4v) is 3.72. The number of hydrogen-bond donors (Lipinski definition) is 0. The van der Waals surface area contributed by atoms with Crippen molar-refractivity contribution >= 4 is 23.3 Å². The smallest absolute Gasteiger partial charge is 0.433 e. The summed E-state index contributed by atoms with van der Waals surface area (Å²) in [5.74, 6) is -0.603. The van der Waals surface area contributed by atoms with Gasteiger partial charge in [-0.05, 0) is 29.3 Å². The molecular formula is C21H14ClF9N2O2. The summed E-state index contributed by atoms with van der Waals surface area (Å²) < 4.78 is 127. The van der Waals surface area contributed by atoms with Gasteiger partial charge in [0.15, 0.2) is 0 Å². The zero-order valence-corrected chi connectivity index (χ0v) is 18.3. The van der Waals surface area contributed by atoms with Crippen LogP contribution >= 0.6 is 11.6 Å². The Morgan fingerprint density at radius 1 is 1.00 bits per heavy atom. The summed E-state index contributed by atoms with van der Waals surface area (Å²) in [5.41, 5.74) is -8.43.